The standard InChI is InChI=1S/C13H17N3O/c14-11-5-6-12(16-9-11)13(17)15-8-7-10-3-1-2-4-10/h3,5-6,9H,1-2,4,7-8,14H2,(H,15,17). The molecule has 0 fully saturated rings. The van der Waals surface area contributed by atoms with Crippen LogP contribution in [-0.4, -0.2) is 17.4 Å². The van der Waals surface area contributed by atoms with E-state index in [1.807, 2.05) is 0 Å². The van der Waals surface area contributed by atoms with Gasteiger partial charge in [-0.05, 0) is 37.8 Å². The number of nitrogen functional groups attached to an aromatic ring is 1. The van der Waals surface area contributed by atoms with Gasteiger partial charge in [-0.15, -0.1) is 0 Å². The van der Waals surface area contributed by atoms with E-state index in [-0.39, 0.29) is 5.91 Å². The minimum Gasteiger partial charge on any atom is -0.397 e. The maximum Gasteiger partial charge on any atom is 0.269 e. The number of anilines is 1. The molecule has 0 radical (unpaired) electrons. The molecule has 0 atom stereocenters. The van der Waals surface area contributed by atoms with Crippen LogP contribution in [0.5, 0.6) is 0 Å². The Morgan fingerprint density at radius 1 is 1.47 bits per heavy atom. The fourth-order valence-corrected chi connectivity index (χ4v) is 1.93. The Morgan fingerprint density at radius 2 is 2.35 bits per heavy atom. The molecule has 0 aliphatic heterocycles. The van der Waals surface area contributed by atoms with Crippen molar-refractivity contribution in [2.24, 2.45) is 0 Å². The summed E-state index contributed by atoms with van der Waals surface area (Å²) < 4.78 is 0. The highest BCUT2D eigenvalue weighted by Gasteiger charge is 2.08. The molecule has 0 spiro atoms. The number of rotatable bonds is 4. The molecular weight excluding hydrogens is 214 g/mol. The van der Waals surface area contributed by atoms with E-state index in [1.54, 1.807) is 12.1 Å². The first-order valence-electron chi connectivity index (χ1n) is 5.93. The Morgan fingerprint density at radius 3 is 3.00 bits per heavy atom. The van der Waals surface area contributed by atoms with Gasteiger partial charge < -0.3 is 11.1 Å². The van der Waals surface area contributed by atoms with E-state index >= 15 is 0 Å². The van der Waals surface area contributed by atoms with E-state index in [4.69, 9.17) is 5.73 Å². The van der Waals surface area contributed by atoms with Crippen LogP contribution in [0.1, 0.15) is 36.2 Å². The van der Waals surface area contributed by atoms with Gasteiger partial charge in [0.1, 0.15) is 5.69 Å². The molecule has 0 aromatic carbocycles. The lowest BCUT2D eigenvalue weighted by molar-refractivity contribution is 0.0949. The van der Waals surface area contributed by atoms with E-state index in [1.165, 1.54) is 31.0 Å². The lowest BCUT2D eigenvalue weighted by atomic mass is 10.1. The van der Waals surface area contributed by atoms with Crippen LogP contribution in [0.15, 0.2) is 30.0 Å². The fourth-order valence-electron chi connectivity index (χ4n) is 1.93. The summed E-state index contributed by atoms with van der Waals surface area (Å²) in [6.45, 7) is 0.677. The lowest BCUT2D eigenvalue weighted by Gasteiger charge is -2.05. The number of nitrogens with two attached hydrogens (primary N) is 1. The molecule has 1 aliphatic carbocycles. The first-order valence-corrected chi connectivity index (χ1v) is 5.93. The Hall–Kier alpha value is -1.84. The number of aromatic nitrogens is 1. The third kappa shape index (κ3) is 3.31. The lowest BCUT2D eigenvalue weighted by Crippen LogP contribution is -2.25. The van der Waals surface area contributed by atoms with Gasteiger partial charge in [0.15, 0.2) is 0 Å². The minimum absolute atomic E-state index is 0.136. The van der Waals surface area contributed by atoms with Crippen molar-refractivity contribution < 1.29 is 4.79 Å². The quantitative estimate of drug-likeness (QED) is 0.777. The third-order valence-electron chi connectivity index (χ3n) is 2.89. The van der Waals surface area contributed by atoms with Gasteiger partial charge in [0, 0.05) is 6.54 Å². The highest BCUT2D eigenvalue weighted by atomic mass is 16.1. The number of hydrogen-bond donors (Lipinski definition) is 2. The van der Waals surface area contributed by atoms with Gasteiger partial charge in [0.25, 0.3) is 5.91 Å². The summed E-state index contributed by atoms with van der Waals surface area (Å²) in [4.78, 5) is 15.7. The number of allylic oxidation sites excluding steroid dienone is 1. The van der Waals surface area contributed by atoms with E-state index in [0.29, 0.717) is 17.9 Å². The Labute approximate surface area is 101 Å². The molecule has 4 heteroatoms. The SMILES string of the molecule is Nc1ccc(C(=O)NCCC2=CCCC2)nc1. The van der Waals surface area contributed by atoms with Crippen molar-refractivity contribution in [1.29, 1.82) is 0 Å². The van der Waals surface area contributed by atoms with Crippen molar-refractivity contribution in [2.45, 2.75) is 25.7 Å². The number of carbonyl (C=O) groups is 1. The number of pyridine rings is 1. The highest BCUT2D eigenvalue weighted by molar-refractivity contribution is 5.92. The molecule has 4 nitrogen and oxygen atoms in total. The van der Waals surface area contributed by atoms with Crippen LogP contribution in [0.4, 0.5) is 5.69 Å². The van der Waals surface area contributed by atoms with E-state index in [2.05, 4.69) is 16.4 Å². The van der Waals surface area contributed by atoms with Gasteiger partial charge >= 0.3 is 0 Å². The van der Waals surface area contributed by atoms with Crippen molar-refractivity contribution in [3.63, 3.8) is 0 Å². The number of amides is 1. The molecule has 1 aromatic heterocycles. The summed E-state index contributed by atoms with van der Waals surface area (Å²) in [7, 11) is 0. The number of nitrogens with one attached hydrogen (secondary N) is 1. The van der Waals surface area contributed by atoms with Crippen molar-refractivity contribution in [3.05, 3.63) is 35.7 Å². The predicted octanol–water partition coefficient (Wildman–Crippen LogP) is 1.89. The van der Waals surface area contributed by atoms with Gasteiger partial charge in [-0.2, -0.15) is 0 Å². The average Bonchev–Trinajstić information content (AvgIpc) is 2.83. The number of carbonyl (C=O) groups excluding carboxylic acids is 1. The van der Waals surface area contributed by atoms with Crippen LogP contribution < -0.4 is 11.1 Å². The molecule has 0 saturated heterocycles. The van der Waals surface area contributed by atoms with E-state index in [0.717, 1.165) is 6.42 Å². The molecule has 90 valence electrons. The van der Waals surface area contributed by atoms with Crippen molar-refractivity contribution in [3.8, 4) is 0 Å². The molecule has 1 amide bonds. The summed E-state index contributed by atoms with van der Waals surface area (Å²) >= 11 is 0. The van der Waals surface area contributed by atoms with E-state index < -0.39 is 0 Å². The summed E-state index contributed by atoms with van der Waals surface area (Å²) in [5.74, 6) is -0.136. The third-order valence-corrected chi connectivity index (χ3v) is 2.89. The Balaban J connectivity index is 1.79. The molecule has 0 saturated carbocycles. The smallest absolute Gasteiger partial charge is 0.269 e. The Bertz CT molecular complexity index is 423. The van der Waals surface area contributed by atoms with Gasteiger partial charge in [-0.1, -0.05) is 11.6 Å². The Kier molecular flexibility index (Phi) is 3.75. The van der Waals surface area contributed by atoms with Gasteiger partial charge in [0.05, 0.1) is 11.9 Å². The molecule has 2 rings (SSSR count). The zero-order valence-electron chi connectivity index (χ0n) is 9.78. The average molecular weight is 231 g/mol. The van der Waals surface area contributed by atoms with Crippen molar-refractivity contribution in [2.75, 3.05) is 12.3 Å². The maximum absolute atomic E-state index is 11.7. The largest absolute Gasteiger partial charge is 0.397 e. The van der Waals surface area contributed by atoms with Crippen molar-refractivity contribution >= 4 is 11.6 Å². The zero-order chi connectivity index (χ0) is 12.1. The second-order valence-electron chi connectivity index (χ2n) is 4.24. The van der Waals surface area contributed by atoms with Crippen LogP contribution in [0.2, 0.25) is 0 Å². The highest BCUT2D eigenvalue weighted by Crippen LogP contribution is 2.19. The van der Waals surface area contributed by atoms with Crippen LogP contribution in [-0.2, 0) is 0 Å². The molecule has 1 aliphatic rings. The van der Waals surface area contributed by atoms with Crippen LogP contribution in [0.25, 0.3) is 0 Å². The molecule has 0 bridgehead atoms. The normalized spacial score (nSPS) is 14.5. The molecule has 0 unspecified atom stereocenters. The minimum atomic E-state index is -0.136. The van der Waals surface area contributed by atoms with Gasteiger partial charge in [0.2, 0.25) is 0 Å². The summed E-state index contributed by atoms with van der Waals surface area (Å²) in [6, 6.07) is 3.32. The van der Waals surface area contributed by atoms with Crippen LogP contribution >= 0.6 is 0 Å². The summed E-state index contributed by atoms with van der Waals surface area (Å²) in [5, 5.41) is 2.86. The molecular formula is C13H17N3O. The summed E-state index contributed by atoms with van der Waals surface area (Å²) in [6.07, 6.45) is 8.32. The van der Waals surface area contributed by atoms with Gasteiger partial charge in [-0.25, -0.2) is 4.98 Å². The summed E-state index contributed by atoms with van der Waals surface area (Å²) in [5.41, 5.74) is 7.95. The second-order valence-corrected chi connectivity index (χ2v) is 4.24. The van der Waals surface area contributed by atoms with Crippen molar-refractivity contribution in [1.82, 2.24) is 10.3 Å². The fraction of sp³-hybridized carbons (Fsp3) is 0.385. The number of nitrogens with zero attached hydrogens (tertiary/aromatic N) is 1. The first kappa shape index (κ1) is 11.6. The van der Waals surface area contributed by atoms with Crippen LogP contribution in [0, 0.1) is 0 Å². The second kappa shape index (κ2) is 5.48. The molecule has 17 heavy (non-hydrogen) atoms. The molecule has 3 N–H and O–H groups in total. The van der Waals surface area contributed by atoms with Crippen LogP contribution in [0.3, 0.4) is 0 Å². The van der Waals surface area contributed by atoms with Gasteiger partial charge in [-0.3, -0.25) is 4.79 Å². The number of hydrogen-bond acceptors (Lipinski definition) is 3. The predicted molar refractivity (Wildman–Crippen MR) is 67.5 cm³/mol. The first-order chi connectivity index (χ1) is 8.25. The molecule has 1 heterocycles. The monoisotopic (exact) mass is 231 g/mol. The van der Waals surface area contributed by atoms with E-state index in [9.17, 15) is 4.79 Å². The maximum atomic E-state index is 11.7. The topological polar surface area (TPSA) is 68.0 Å². The zero-order valence-corrected chi connectivity index (χ0v) is 9.78. The molecule has 1 aromatic rings.